The minimum absolute atomic E-state index is 0.345. The number of hydrogen-bond donors (Lipinski definition) is 1. The van der Waals surface area contributed by atoms with E-state index in [-0.39, 0.29) is 5.97 Å². The van der Waals surface area contributed by atoms with E-state index in [1.165, 1.54) is 0 Å². The quantitative estimate of drug-likeness (QED) is 0.647. The molecule has 5 heteroatoms. The van der Waals surface area contributed by atoms with Gasteiger partial charge in [-0.2, -0.15) is 0 Å². The fourth-order valence-corrected chi connectivity index (χ4v) is 1.88. The summed E-state index contributed by atoms with van der Waals surface area (Å²) in [7, 11) is 0. The van der Waals surface area contributed by atoms with Gasteiger partial charge in [-0.15, -0.1) is 0 Å². The molecule has 1 aromatic rings. The average Bonchev–Trinajstić information content (AvgIpc) is 2.32. The number of anilines is 1. The number of benzene rings is 1. The van der Waals surface area contributed by atoms with Crippen molar-refractivity contribution in [1.82, 2.24) is 0 Å². The third-order valence-corrected chi connectivity index (χ3v) is 2.83. The fraction of sp³-hybridized carbons (Fsp3) is 0.462. The Hall–Kier alpha value is -1.23. The highest BCUT2D eigenvalue weighted by molar-refractivity contribution is 9.10. The molecule has 0 radical (unpaired) electrons. The molecular formula is C13H18BrNO3. The molecule has 0 saturated carbocycles. The van der Waals surface area contributed by atoms with E-state index in [4.69, 9.17) is 15.2 Å². The van der Waals surface area contributed by atoms with Crippen LogP contribution >= 0.6 is 15.9 Å². The van der Waals surface area contributed by atoms with E-state index in [2.05, 4.69) is 15.9 Å². The average molecular weight is 316 g/mol. The molecule has 0 fully saturated rings. The van der Waals surface area contributed by atoms with Gasteiger partial charge in [0.05, 0.1) is 12.3 Å². The Kier molecular flexibility index (Phi) is 5.98. The van der Waals surface area contributed by atoms with E-state index in [0.29, 0.717) is 24.5 Å². The first-order valence-corrected chi connectivity index (χ1v) is 6.76. The van der Waals surface area contributed by atoms with Gasteiger partial charge in [0, 0.05) is 4.47 Å². The number of hydrogen-bond acceptors (Lipinski definition) is 4. The molecule has 0 aromatic heterocycles. The highest BCUT2D eigenvalue weighted by Gasteiger charge is 2.21. The van der Waals surface area contributed by atoms with E-state index in [9.17, 15) is 4.79 Å². The Balaban J connectivity index is 2.79. The second-order valence-electron chi connectivity index (χ2n) is 3.83. The number of esters is 1. The largest absolute Gasteiger partial charge is 0.477 e. The standard InChI is InChI=1S/C13H18BrNO3/c1-3-5-12(13(16)17-4-2)18-11-7-6-9(14)8-10(11)15/h6-8,12H,3-5,15H2,1-2H3. The predicted molar refractivity (Wildman–Crippen MR) is 74.5 cm³/mol. The molecule has 4 nitrogen and oxygen atoms in total. The zero-order chi connectivity index (χ0) is 13.5. The topological polar surface area (TPSA) is 61.5 Å². The van der Waals surface area contributed by atoms with Gasteiger partial charge in [-0.05, 0) is 31.5 Å². The molecule has 18 heavy (non-hydrogen) atoms. The third kappa shape index (κ3) is 4.22. The molecule has 1 rings (SSSR count). The van der Waals surface area contributed by atoms with Crippen molar-refractivity contribution >= 4 is 27.6 Å². The molecule has 100 valence electrons. The molecule has 0 amide bonds. The summed E-state index contributed by atoms with van der Waals surface area (Å²) < 4.78 is 11.5. The molecule has 0 aliphatic carbocycles. The monoisotopic (exact) mass is 315 g/mol. The van der Waals surface area contributed by atoms with Crippen molar-refractivity contribution in [3.8, 4) is 5.75 Å². The normalized spacial score (nSPS) is 11.9. The van der Waals surface area contributed by atoms with Crippen molar-refractivity contribution < 1.29 is 14.3 Å². The Morgan fingerprint density at radius 1 is 1.44 bits per heavy atom. The summed E-state index contributed by atoms with van der Waals surface area (Å²) in [4.78, 5) is 11.7. The summed E-state index contributed by atoms with van der Waals surface area (Å²) in [5, 5.41) is 0. The Bertz CT molecular complexity index is 409. The number of rotatable bonds is 6. The maximum atomic E-state index is 11.7. The van der Waals surface area contributed by atoms with Crippen molar-refractivity contribution in [2.24, 2.45) is 0 Å². The van der Waals surface area contributed by atoms with Crippen LogP contribution < -0.4 is 10.5 Å². The third-order valence-electron chi connectivity index (χ3n) is 2.34. The van der Waals surface area contributed by atoms with Crippen molar-refractivity contribution in [3.63, 3.8) is 0 Å². The van der Waals surface area contributed by atoms with E-state index in [1.807, 2.05) is 13.0 Å². The van der Waals surface area contributed by atoms with Crippen LogP contribution in [0.1, 0.15) is 26.7 Å². The Morgan fingerprint density at radius 2 is 2.17 bits per heavy atom. The molecule has 1 aromatic carbocycles. The van der Waals surface area contributed by atoms with Crippen molar-refractivity contribution in [1.29, 1.82) is 0 Å². The van der Waals surface area contributed by atoms with E-state index in [0.717, 1.165) is 10.9 Å². The summed E-state index contributed by atoms with van der Waals surface area (Å²) in [5.41, 5.74) is 6.33. The van der Waals surface area contributed by atoms with Gasteiger partial charge in [0.25, 0.3) is 0 Å². The molecule has 0 aliphatic heterocycles. The van der Waals surface area contributed by atoms with Crippen molar-refractivity contribution in [3.05, 3.63) is 22.7 Å². The van der Waals surface area contributed by atoms with E-state index < -0.39 is 6.10 Å². The maximum absolute atomic E-state index is 11.7. The Labute approximate surface area is 116 Å². The zero-order valence-electron chi connectivity index (χ0n) is 10.6. The van der Waals surface area contributed by atoms with Crippen LogP contribution in [-0.4, -0.2) is 18.7 Å². The molecule has 0 spiro atoms. The lowest BCUT2D eigenvalue weighted by molar-refractivity contribution is -0.151. The number of ether oxygens (including phenoxy) is 2. The maximum Gasteiger partial charge on any atom is 0.347 e. The zero-order valence-corrected chi connectivity index (χ0v) is 12.2. The van der Waals surface area contributed by atoms with E-state index in [1.54, 1.807) is 19.1 Å². The second kappa shape index (κ2) is 7.26. The van der Waals surface area contributed by atoms with Gasteiger partial charge in [-0.25, -0.2) is 4.79 Å². The van der Waals surface area contributed by atoms with E-state index >= 15 is 0 Å². The summed E-state index contributed by atoms with van der Waals surface area (Å²) in [6.45, 7) is 4.10. The molecule has 0 aliphatic rings. The first kappa shape index (κ1) is 14.8. The van der Waals surface area contributed by atoms with Crippen molar-refractivity contribution in [2.75, 3.05) is 12.3 Å². The fourth-order valence-electron chi connectivity index (χ4n) is 1.50. The number of halogens is 1. The number of nitrogen functional groups attached to an aromatic ring is 1. The summed E-state index contributed by atoms with van der Waals surface area (Å²) in [5.74, 6) is 0.159. The first-order chi connectivity index (χ1) is 8.58. The van der Waals surface area contributed by atoms with Gasteiger partial charge >= 0.3 is 5.97 Å². The highest BCUT2D eigenvalue weighted by Crippen LogP contribution is 2.27. The van der Waals surface area contributed by atoms with Crippen LogP contribution in [0.25, 0.3) is 0 Å². The number of nitrogens with two attached hydrogens (primary N) is 1. The van der Waals surface area contributed by atoms with Crippen LogP contribution in [0.4, 0.5) is 5.69 Å². The van der Waals surface area contributed by atoms with Crippen LogP contribution in [0, 0.1) is 0 Å². The SMILES string of the molecule is CCCC(Oc1ccc(Br)cc1N)C(=O)OCC. The molecular weight excluding hydrogens is 298 g/mol. The van der Waals surface area contributed by atoms with Crippen molar-refractivity contribution in [2.45, 2.75) is 32.8 Å². The minimum Gasteiger partial charge on any atom is -0.477 e. The lowest BCUT2D eigenvalue weighted by Crippen LogP contribution is -2.29. The smallest absolute Gasteiger partial charge is 0.347 e. The van der Waals surface area contributed by atoms with Gasteiger partial charge in [0.15, 0.2) is 6.10 Å². The van der Waals surface area contributed by atoms with Crippen LogP contribution in [0.15, 0.2) is 22.7 Å². The summed E-state index contributed by atoms with van der Waals surface area (Å²) in [6, 6.07) is 5.30. The highest BCUT2D eigenvalue weighted by atomic mass is 79.9. The van der Waals surface area contributed by atoms with Gasteiger partial charge < -0.3 is 15.2 Å². The molecule has 1 atom stereocenters. The number of carbonyl (C=O) groups is 1. The molecule has 1 unspecified atom stereocenters. The van der Waals surface area contributed by atoms with Gasteiger partial charge in [0.1, 0.15) is 5.75 Å². The van der Waals surface area contributed by atoms with Gasteiger partial charge in [-0.1, -0.05) is 29.3 Å². The van der Waals surface area contributed by atoms with Crippen LogP contribution in [0.3, 0.4) is 0 Å². The lowest BCUT2D eigenvalue weighted by Gasteiger charge is -2.18. The molecule has 0 saturated heterocycles. The Morgan fingerprint density at radius 3 is 2.72 bits per heavy atom. The van der Waals surface area contributed by atoms with Gasteiger partial charge in [-0.3, -0.25) is 0 Å². The number of carbonyl (C=O) groups excluding carboxylic acids is 1. The minimum atomic E-state index is -0.599. The van der Waals surface area contributed by atoms with Gasteiger partial charge in [0.2, 0.25) is 0 Å². The van der Waals surface area contributed by atoms with Crippen LogP contribution in [0.2, 0.25) is 0 Å². The first-order valence-electron chi connectivity index (χ1n) is 5.96. The van der Waals surface area contributed by atoms with Crippen LogP contribution in [0.5, 0.6) is 5.75 Å². The van der Waals surface area contributed by atoms with Crippen LogP contribution in [-0.2, 0) is 9.53 Å². The molecule has 0 heterocycles. The summed E-state index contributed by atoms with van der Waals surface area (Å²) in [6.07, 6.45) is 0.840. The lowest BCUT2D eigenvalue weighted by atomic mass is 10.2. The second-order valence-corrected chi connectivity index (χ2v) is 4.75. The summed E-state index contributed by atoms with van der Waals surface area (Å²) >= 11 is 3.32. The molecule has 0 bridgehead atoms. The molecule has 2 N–H and O–H groups in total. The predicted octanol–water partition coefficient (Wildman–Crippen LogP) is 3.14.